The number of carbonyl (C=O) groups is 2. The van der Waals surface area contributed by atoms with Crippen LogP contribution in [0.2, 0.25) is 0 Å². The molecule has 1 aromatic carbocycles. The molecule has 1 aliphatic rings. The first-order valence-corrected chi connectivity index (χ1v) is 9.23. The highest BCUT2D eigenvalue weighted by Crippen LogP contribution is 2.33. The Bertz CT molecular complexity index is 711. The van der Waals surface area contributed by atoms with E-state index in [-0.39, 0.29) is 23.7 Å². The Morgan fingerprint density at radius 2 is 1.96 bits per heavy atom. The zero-order valence-electron chi connectivity index (χ0n) is 16.0. The number of carboxylic acid groups (broad SMARTS) is 1. The summed E-state index contributed by atoms with van der Waals surface area (Å²) in [6.45, 7) is 7.48. The van der Waals surface area contributed by atoms with Crippen molar-refractivity contribution in [3.05, 3.63) is 33.9 Å². The van der Waals surface area contributed by atoms with E-state index in [1.165, 1.54) is 6.07 Å². The summed E-state index contributed by atoms with van der Waals surface area (Å²) < 4.78 is 0. The van der Waals surface area contributed by atoms with Gasteiger partial charge in [-0.15, -0.1) is 0 Å². The van der Waals surface area contributed by atoms with Crippen LogP contribution in [0.25, 0.3) is 0 Å². The van der Waals surface area contributed by atoms with Crippen LogP contribution in [-0.4, -0.2) is 41.0 Å². The van der Waals surface area contributed by atoms with Crippen molar-refractivity contribution >= 4 is 23.3 Å². The maximum Gasteiger partial charge on any atom is 0.303 e. The molecule has 1 aromatic rings. The van der Waals surface area contributed by atoms with E-state index in [0.29, 0.717) is 23.9 Å². The number of rotatable bonds is 7. The van der Waals surface area contributed by atoms with Crippen LogP contribution >= 0.6 is 0 Å². The maximum atomic E-state index is 12.4. The van der Waals surface area contributed by atoms with Crippen LogP contribution in [0.3, 0.4) is 0 Å². The second kappa shape index (κ2) is 8.83. The number of nitrogens with one attached hydrogen (secondary N) is 1. The maximum absolute atomic E-state index is 12.4. The minimum absolute atomic E-state index is 0.0497. The highest BCUT2D eigenvalue weighted by Gasteiger charge is 2.28. The van der Waals surface area contributed by atoms with Gasteiger partial charge in [-0.1, -0.05) is 13.8 Å². The Hall–Kier alpha value is -2.64. The summed E-state index contributed by atoms with van der Waals surface area (Å²) in [6, 6.07) is 4.19. The van der Waals surface area contributed by atoms with Crippen molar-refractivity contribution < 1.29 is 19.6 Å². The molecule has 0 aromatic heterocycles. The fraction of sp³-hybridized carbons (Fsp3) is 0.579. The summed E-state index contributed by atoms with van der Waals surface area (Å²) in [5, 5.41) is 23.0. The fourth-order valence-corrected chi connectivity index (χ4v) is 3.66. The molecule has 3 unspecified atom stereocenters. The van der Waals surface area contributed by atoms with Crippen molar-refractivity contribution in [2.75, 3.05) is 18.0 Å². The summed E-state index contributed by atoms with van der Waals surface area (Å²) in [7, 11) is 0. The van der Waals surface area contributed by atoms with Gasteiger partial charge in [0.1, 0.15) is 5.69 Å². The van der Waals surface area contributed by atoms with Crippen LogP contribution < -0.4 is 10.2 Å². The molecule has 2 N–H and O–H groups in total. The molecule has 8 heteroatoms. The van der Waals surface area contributed by atoms with Crippen molar-refractivity contribution in [2.45, 2.75) is 46.1 Å². The number of nitro benzene ring substituents is 1. The summed E-state index contributed by atoms with van der Waals surface area (Å²) in [4.78, 5) is 36.1. The quantitative estimate of drug-likeness (QED) is 0.558. The molecule has 3 atom stereocenters. The largest absolute Gasteiger partial charge is 0.481 e. The van der Waals surface area contributed by atoms with E-state index < -0.39 is 16.8 Å². The summed E-state index contributed by atoms with van der Waals surface area (Å²) in [5.41, 5.74) is 0.654. The van der Waals surface area contributed by atoms with Gasteiger partial charge in [0.2, 0.25) is 0 Å². The second-order valence-corrected chi connectivity index (χ2v) is 7.62. The Kier molecular flexibility index (Phi) is 6.76. The van der Waals surface area contributed by atoms with Gasteiger partial charge in [0.25, 0.3) is 11.6 Å². The van der Waals surface area contributed by atoms with Crippen LogP contribution in [0.5, 0.6) is 0 Å². The van der Waals surface area contributed by atoms with E-state index in [0.717, 1.165) is 19.5 Å². The molecule has 1 amide bonds. The highest BCUT2D eigenvalue weighted by atomic mass is 16.6. The zero-order chi connectivity index (χ0) is 20.1. The Labute approximate surface area is 158 Å². The number of benzene rings is 1. The molecule has 1 heterocycles. The standard InChI is InChI=1S/C19H27N3O5/c1-12-8-13(2)11-21(10-12)16-6-5-15(9-17(16)22(26)27)19(25)20-14(3)4-7-18(23)24/h5-6,9,12-14H,4,7-8,10-11H2,1-3H3,(H,20,25)(H,23,24). The highest BCUT2D eigenvalue weighted by molar-refractivity contribution is 5.96. The van der Waals surface area contributed by atoms with Gasteiger partial charge < -0.3 is 15.3 Å². The normalized spacial score (nSPS) is 20.8. The number of hydrogen-bond donors (Lipinski definition) is 2. The van der Waals surface area contributed by atoms with Crippen LogP contribution in [0.1, 0.15) is 50.4 Å². The van der Waals surface area contributed by atoms with Gasteiger partial charge in [-0.05, 0) is 43.7 Å². The Balaban J connectivity index is 2.18. The average molecular weight is 377 g/mol. The minimum atomic E-state index is -0.930. The number of carboxylic acids is 1. The lowest BCUT2D eigenvalue weighted by atomic mass is 9.91. The van der Waals surface area contributed by atoms with Crippen molar-refractivity contribution in [3.63, 3.8) is 0 Å². The van der Waals surface area contributed by atoms with Gasteiger partial charge >= 0.3 is 5.97 Å². The number of nitro groups is 1. The molecule has 148 valence electrons. The average Bonchev–Trinajstić information content (AvgIpc) is 2.58. The molecular formula is C19H27N3O5. The third kappa shape index (κ3) is 5.67. The summed E-state index contributed by atoms with van der Waals surface area (Å²) >= 11 is 0. The van der Waals surface area contributed by atoms with E-state index in [4.69, 9.17) is 5.11 Å². The zero-order valence-corrected chi connectivity index (χ0v) is 16.0. The summed E-state index contributed by atoms with van der Waals surface area (Å²) in [6.07, 6.45) is 1.34. The molecule has 0 spiro atoms. The van der Waals surface area contributed by atoms with E-state index in [1.54, 1.807) is 19.1 Å². The molecular weight excluding hydrogens is 350 g/mol. The first-order valence-electron chi connectivity index (χ1n) is 9.23. The SMILES string of the molecule is CC1CC(C)CN(c2ccc(C(=O)NC(C)CCC(=O)O)cc2[N+](=O)[O-])C1. The monoisotopic (exact) mass is 377 g/mol. The van der Waals surface area contributed by atoms with Crippen molar-refractivity contribution in [3.8, 4) is 0 Å². The first-order chi connectivity index (χ1) is 12.7. The third-order valence-electron chi connectivity index (χ3n) is 4.81. The van der Waals surface area contributed by atoms with Crippen LogP contribution in [-0.2, 0) is 4.79 Å². The molecule has 0 radical (unpaired) electrons. The van der Waals surface area contributed by atoms with Crippen molar-refractivity contribution in [1.82, 2.24) is 5.32 Å². The number of aliphatic carboxylic acids is 1. The second-order valence-electron chi connectivity index (χ2n) is 7.62. The van der Waals surface area contributed by atoms with Gasteiger partial charge in [0, 0.05) is 37.2 Å². The number of amides is 1. The molecule has 0 saturated carbocycles. The molecule has 2 rings (SSSR count). The van der Waals surface area contributed by atoms with Gasteiger partial charge in [-0.2, -0.15) is 0 Å². The lowest BCUT2D eigenvalue weighted by Crippen LogP contribution is -2.39. The van der Waals surface area contributed by atoms with E-state index in [2.05, 4.69) is 19.2 Å². The lowest BCUT2D eigenvalue weighted by Gasteiger charge is -2.36. The van der Waals surface area contributed by atoms with Crippen LogP contribution in [0.4, 0.5) is 11.4 Å². The predicted octanol–water partition coefficient (Wildman–Crippen LogP) is 3.06. The van der Waals surface area contributed by atoms with Crippen LogP contribution in [0.15, 0.2) is 18.2 Å². The molecule has 1 aliphatic heterocycles. The topological polar surface area (TPSA) is 113 Å². The Morgan fingerprint density at radius 3 is 2.52 bits per heavy atom. The van der Waals surface area contributed by atoms with Crippen LogP contribution in [0, 0.1) is 22.0 Å². The van der Waals surface area contributed by atoms with E-state index in [9.17, 15) is 19.7 Å². The smallest absolute Gasteiger partial charge is 0.303 e. The molecule has 1 fully saturated rings. The number of anilines is 1. The minimum Gasteiger partial charge on any atom is -0.481 e. The number of piperidine rings is 1. The lowest BCUT2D eigenvalue weighted by molar-refractivity contribution is -0.384. The number of carbonyl (C=O) groups excluding carboxylic acids is 1. The third-order valence-corrected chi connectivity index (χ3v) is 4.81. The van der Waals surface area contributed by atoms with E-state index >= 15 is 0 Å². The molecule has 1 saturated heterocycles. The predicted molar refractivity (Wildman–Crippen MR) is 102 cm³/mol. The van der Waals surface area contributed by atoms with Gasteiger partial charge in [0.15, 0.2) is 0 Å². The summed E-state index contributed by atoms with van der Waals surface area (Å²) in [5.74, 6) is -0.471. The molecule has 27 heavy (non-hydrogen) atoms. The van der Waals surface area contributed by atoms with E-state index in [1.807, 2.05) is 4.90 Å². The molecule has 0 aliphatic carbocycles. The molecule has 0 bridgehead atoms. The number of hydrogen-bond acceptors (Lipinski definition) is 5. The van der Waals surface area contributed by atoms with Gasteiger partial charge in [-0.25, -0.2) is 0 Å². The van der Waals surface area contributed by atoms with Gasteiger partial charge in [0.05, 0.1) is 4.92 Å². The molecule has 8 nitrogen and oxygen atoms in total. The Morgan fingerprint density at radius 1 is 1.33 bits per heavy atom. The van der Waals surface area contributed by atoms with Crippen molar-refractivity contribution in [1.29, 1.82) is 0 Å². The van der Waals surface area contributed by atoms with Gasteiger partial charge in [-0.3, -0.25) is 19.7 Å². The number of nitrogens with zero attached hydrogens (tertiary/aromatic N) is 2. The van der Waals surface area contributed by atoms with Crippen molar-refractivity contribution in [2.24, 2.45) is 11.8 Å². The first kappa shape index (κ1) is 20.7. The fourth-order valence-electron chi connectivity index (χ4n) is 3.66.